The molecule has 18 heavy (non-hydrogen) atoms. The van der Waals surface area contributed by atoms with Crippen LogP contribution in [0.4, 0.5) is 5.69 Å². The van der Waals surface area contributed by atoms with Crippen LogP contribution in [0.5, 0.6) is 0 Å². The van der Waals surface area contributed by atoms with E-state index in [9.17, 15) is 0 Å². The summed E-state index contributed by atoms with van der Waals surface area (Å²) >= 11 is 0. The van der Waals surface area contributed by atoms with Gasteiger partial charge >= 0.3 is 0 Å². The Morgan fingerprint density at radius 1 is 1.11 bits per heavy atom. The normalized spacial score (nSPS) is 24.3. The summed E-state index contributed by atoms with van der Waals surface area (Å²) in [6.45, 7) is 7.26. The minimum Gasteiger partial charge on any atom is -0.363 e. The summed E-state index contributed by atoms with van der Waals surface area (Å²) in [6.07, 6.45) is 3.79. The van der Waals surface area contributed by atoms with Gasteiger partial charge < -0.3 is 9.80 Å². The SMILES string of the molecule is CN1CCC(N2c3ccccc3CC2(C)C)CC1. The lowest BCUT2D eigenvalue weighted by molar-refractivity contribution is 0.236. The Balaban J connectivity index is 1.90. The smallest absolute Gasteiger partial charge is 0.0406 e. The standard InChI is InChI=1S/C16H24N2/c1-16(2)12-13-6-4-5-7-15(13)18(16)14-8-10-17(3)11-9-14/h4-7,14H,8-12H2,1-3H3. The molecule has 0 bridgehead atoms. The van der Waals surface area contributed by atoms with Crippen molar-refractivity contribution in [2.24, 2.45) is 0 Å². The van der Waals surface area contributed by atoms with Crippen molar-refractivity contribution in [2.75, 3.05) is 25.0 Å². The van der Waals surface area contributed by atoms with Crippen molar-refractivity contribution in [3.63, 3.8) is 0 Å². The van der Waals surface area contributed by atoms with Gasteiger partial charge in [0.1, 0.15) is 0 Å². The molecular formula is C16H24N2. The molecular weight excluding hydrogens is 220 g/mol. The van der Waals surface area contributed by atoms with Gasteiger partial charge in [-0.3, -0.25) is 0 Å². The molecule has 2 aliphatic rings. The minimum atomic E-state index is 0.282. The van der Waals surface area contributed by atoms with Crippen LogP contribution in [0.3, 0.4) is 0 Å². The fourth-order valence-electron chi connectivity index (χ4n) is 3.72. The summed E-state index contributed by atoms with van der Waals surface area (Å²) in [4.78, 5) is 5.15. The van der Waals surface area contributed by atoms with E-state index in [1.807, 2.05) is 0 Å². The molecule has 2 heterocycles. The van der Waals surface area contributed by atoms with Crippen LogP contribution in [0.25, 0.3) is 0 Å². The fraction of sp³-hybridized carbons (Fsp3) is 0.625. The number of piperidine rings is 1. The van der Waals surface area contributed by atoms with Crippen molar-refractivity contribution >= 4 is 5.69 Å². The highest BCUT2D eigenvalue weighted by Gasteiger charge is 2.40. The second kappa shape index (κ2) is 4.27. The molecule has 0 aromatic heterocycles. The van der Waals surface area contributed by atoms with E-state index in [1.54, 1.807) is 0 Å². The van der Waals surface area contributed by atoms with Crippen LogP contribution >= 0.6 is 0 Å². The maximum atomic E-state index is 2.70. The Hall–Kier alpha value is -1.02. The Bertz CT molecular complexity index is 430. The predicted molar refractivity (Wildman–Crippen MR) is 77.2 cm³/mol. The molecule has 0 radical (unpaired) electrons. The van der Waals surface area contributed by atoms with Gasteiger partial charge in [0.25, 0.3) is 0 Å². The zero-order chi connectivity index (χ0) is 12.8. The molecule has 0 unspecified atom stereocenters. The zero-order valence-corrected chi connectivity index (χ0v) is 11.8. The van der Waals surface area contributed by atoms with Gasteiger partial charge in [0.2, 0.25) is 0 Å². The molecule has 0 N–H and O–H groups in total. The highest BCUT2D eigenvalue weighted by Crippen LogP contribution is 2.41. The maximum Gasteiger partial charge on any atom is 0.0406 e. The van der Waals surface area contributed by atoms with E-state index in [2.05, 4.69) is 55.0 Å². The minimum absolute atomic E-state index is 0.282. The van der Waals surface area contributed by atoms with Crippen molar-refractivity contribution < 1.29 is 0 Å². The molecule has 1 aromatic rings. The van der Waals surface area contributed by atoms with Crippen LogP contribution < -0.4 is 4.90 Å². The highest BCUT2D eigenvalue weighted by molar-refractivity contribution is 5.62. The van der Waals surface area contributed by atoms with Crippen molar-refractivity contribution in [1.82, 2.24) is 4.90 Å². The van der Waals surface area contributed by atoms with Gasteiger partial charge in [-0.25, -0.2) is 0 Å². The van der Waals surface area contributed by atoms with Crippen molar-refractivity contribution in [2.45, 2.75) is 44.7 Å². The molecule has 0 saturated carbocycles. The first kappa shape index (κ1) is 12.0. The number of fused-ring (bicyclic) bond motifs is 1. The van der Waals surface area contributed by atoms with Crippen molar-refractivity contribution in [1.29, 1.82) is 0 Å². The average Bonchev–Trinajstić information content (AvgIpc) is 2.60. The molecule has 1 saturated heterocycles. The Morgan fingerprint density at radius 3 is 2.50 bits per heavy atom. The largest absolute Gasteiger partial charge is 0.363 e. The van der Waals surface area contributed by atoms with Gasteiger partial charge in [-0.15, -0.1) is 0 Å². The molecule has 0 amide bonds. The lowest BCUT2D eigenvalue weighted by Gasteiger charge is -2.44. The summed E-state index contributed by atoms with van der Waals surface area (Å²) in [5.74, 6) is 0. The number of likely N-dealkylation sites (tertiary alicyclic amines) is 1. The molecule has 2 aliphatic heterocycles. The van der Waals surface area contributed by atoms with E-state index in [0.29, 0.717) is 0 Å². The molecule has 2 heteroatoms. The van der Waals surface area contributed by atoms with Gasteiger partial charge in [-0.05, 0) is 64.9 Å². The predicted octanol–water partition coefficient (Wildman–Crippen LogP) is 2.92. The van der Waals surface area contributed by atoms with Gasteiger partial charge in [0.05, 0.1) is 0 Å². The van der Waals surface area contributed by atoms with Crippen LogP contribution in [-0.4, -0.2) is 36.6 Å². The lowest BCUT2D eigenvalue weighted by atomic mass is 9.95. The zero-order valence-electron chi connectivity index (χ0n) is 11.8. The molecule has 0 spiro atoms. The highest BCUT2D eigenvalue weighted by atomic mass is 15.3. The van der Waals surface area contributed by atoms with Crippen molar-refractivity contribution in [3.05, 3.63) is 29.8 Å². The van der Waals surface area contributed by atoms with Gasteiger partial charge in [-0.2, -0.15) is 0 Å². The Morgan fingerprint density at radius 2 is 1.78 bits per heavy atom. The summed E-state index contributed by atoms with van der Waals surface area (Å²) in [7, 11) is 2.24. The first-order valence-electron chi connectivity index (χ1n) is 7.14. The summed E-state index contributed by atoms with van der Waals surface area (Å²) < 4.78 is 0. The number of para-hydroxylation sites is 1. The Kier molecular flexibility index (Phi) is 2.86. The number of benzene rings is 1. The summed E-state index contributed by atoms with van der Waals surface area (Å²) in [5.41, 5.74) is 3.29. The van der Waals surface area contributed by atoms with Crippen LogP contribution in [0.2, 0.25) is 0 Å². The third-order valence-electron chi connectivity index (χ3n) is 4.58. The number of hydrogen-bond acceptors (Lipinski definition) is 2. The molecule has 1 fully saturated rings. The monoisotopic (exact) mass is 244 g/mol. The average molecular weight is 244 g/mol. The summed E-state index contributed by atoms with van der Waals surface area (Å²) in [5, 5.41) is 0. The summed E-state index contributed by atoms with van der Waals surface area (Å²) in [6, 6.07) is 9.68. The molecule has 98 valence electrons. The van der Waals surface area contributed by atoms with Crippen LogP contribution in [0.1, 0.15) is 32.3 Å². The number of anilines is 1. The topological polar surface area (TPSA) is 6.48 Å². The van der Waals surface area contributed by atoms with E-state index in [0.717, 1.165) is 6.04 Å². The number of hydrogen-bond donors (Lipinski definition) is 0. The van der Waals surface area contributed by atoms with E-state index in [4.69, 9.17) is 0 Å². The molecule has 2 nitrogen and oxygen atoms in total. The molecule has 0 atom stereocenters. The van der Waals surface area contributed by atoms with E-state index >= 15 is 0 Å². The van der Waals surface area contributed by atoms with Crippen LogP contribution in [0, 0.1) is 0 Å². The number of rotatable bonds is 1. The van der Waals surface area contributed by atoms with Gasteiger partial charge in [0, 0.05) is 17.3 Å². The van der Waals surface area contributed by atoms with E-state index in [1.165, 1.54) is 43.6 Å². The van der Waals surface area contributed by atoms with Crippen molar-refractivity contribution in [3.8, 4) is 0 Å². The van der Waals surface area contributed by atoms with Gasteiger partial charge in [0.15, 0.2) is 0 Å². The molecule has 3 rings (SSSR count). The van der Waals surface area contributed by atoms with E-state index in [-0.39, 0.29) is 5.54 Å². The first-order chi connectivity index (χ1) is 8.58. The van der Waals surface area contributed by atoms with E-state index < -0.39 is 0 Å². The quantitative estimate of drug-likeness (QED) is 0.749. The second-order valence-corrected chi connectivity index (χ2v) is 6.52. The molecule has 0 aliphatic carbocycles. The van der Waals surface area contributed by atoms with Gasteiger partial charge in [-0.1, -0.05) is 18.2 Å². The second-order valence-electron chi connectivity index (χ2n) is 6.52. The lowest BCUT2D eigenvalue weighted by Crippen LogP contribution is -2.51. The molecule has 1 aromatic carbocycles. The fourth-order valence-corrected chi connectivity index (χ4v) is 3.72. The Labute approximate surface area is 111 Å². The third kappa shape index (κ3) is 1.93. The first-order valence-corrected chi connectivity index (χ1v) is 7.14. The number of nitrogens with zero attached hydrogens (tertiary/aromatic N) is 2. The maximum absolute atomic E-state index is 2.70. The van der Waals surface area contributed by atoms with Crippen LogP contribution in [0.15, 0.2) is 24.3 Å². The van der Waals surface area contributed by atoms with Crippen LogP contribution in [-0.2, 0) is 6.42 Å². The third-order valence-corrected chi connectivity index (χ3v) is 4.58.